The smallest absolute Gasteiger partial charge is 0.0995 e. The molecule has 0 amide bonds. The highest BCUT2D eigenvalue weighted by Gasteiger charge is 1.96. The summed E-state index contributed by atoms with van der Waals surface area (Å²) in [6, 6.07) is 8.12. The quantitative estimate of drug-likeness (QED) is 0.745. The lowest BCUT2D eigenvalue weighted by atomic mass is 10.3. The van der Waals surface area contributed by atoms with Gasteiger partial charge in [-0.3, -0.25) is 0 Å². The van der Waals surface area contributed by atoms with Crippen LogP contribution in [-0.4, -0.2) is 9.55 Å². The highest BCUT2D eigenvalue weighted by molar-refractivity contribution is 9.10. The maximum absolute atomic E-state index is 4.17. The number of rotatable bonds is 1. The van der Waals surface area contributed by atoms with Gasteiger partial charge in [0, 0.05) is 16.4 Å². The highest BCUT2D eigenvalue weighted by atomic mass is 79.9. The minimum atomic E-state index is 1.03. The molecule has 1 heterocycles. The Bertz CT molecular complexity index is 420. The normalized spacial score (nSPS) is 10.3. The standard InChI is InChI=1S/C10H9BrN2/c1-8-6-13(7-12-8)10-4-2-3-9(11)5-10/h2-7H,1H3. The monoisotopic (exact) mass is 236 g/mol. The van der Waals surface area contributed by atoms with Gasteiger partial charge in [-0.25, -0.2) is 4.98 Å². The van der Waals surface area contributed by atoms with Crippen molar-refractivity contribution < 1.29 is 0 Å². The van der Waals surface area contributed by atoms with E-state index in [0.29, 0.717) is 0 Å². The minimum absolute atomic E-state index is 1.03. The molecular weight excluding hydrogens is 228 g/mol. The summed E-state index contributed by atoms with van der Waals surface area (Å²) in [5.41, 5.74) is 2.15. The fourth-order valence-corrected chi connectivity index (χ4v) is 1.59. The molecule has 13 heavy (non-hydrogen) atoms. The molecule has 0 radical (unpaired) electrons. The Morgan fingerprint density at radius 3 is 2.85 bits per heavy atom. The maximum atomic E-state index is 4.17. The molecule has 0 spiro atoms. The number of imidazole rings is 1. The summed E-state index contributed by atoms with van der Waals surface area (Å²) in [5.74, 6) is 0. The van der Waals surface area contributed by atoms with Crippen molar-refractivity contribution in [3.05, 3.63) is 47.0 Å². The Labute approximate surface area is 85.4 Å². The van der Waals surface area contributed by atoms with Crippen molar-refractivity contribution in [3.63, 3.8) is 0 Å². The van der Waals surface area contributed by atoms with Gasteiger partial charge in [-0.2, -0.15) is 0 Å². The van der Waals surface area contributed by atoms with Crippen LogP contribution >= 0.6 is 15.9 Å². The molecule has 0 N–H and O–H groups in total. The zero-order valence-corrected chi connectivity index (χ0v) is 8.82. The third-order valence-electron chi connectivity index (χ3n) is 1.82. The lowest BCUT2D eigenvalue weighted by molar-refractivity contribution is 1.06. The van der Waals surface area contributed by atoms with E-state index < -0.39 is 0 Å². The van der Waals surface area contributed by atoms with Crippen LogP contribution in [0.5, 0.6) is 0 Å². The molecule has 0 atom stereocenters. The SMILES string of the molecule is Cc1cn(-c2cccc(Br)c2)cn1. The molecule has 0 fully saturated rings. The Morgan fingerprint density at radius 1 is 1.38 bits per heavy atom. The van der Waals surface area contributed by atoms with E-state index >= 15 is 0 Å². The van der Waals surface area contributed by atoms with Crippen LogP contribution in [0.3, 0.4) is 0 Å². The van der Waals surface area contributed by atoms with Gasteiger partial charge in [-0.15, -0.1) is 0 Å². The first-order valence-corrected chi connectivity index (χ1v) is 4.81. The summed E-state index contributed by atoms with van der Waals surface area (Å²) < 4.78 is 3.08. The molecule has 0 unspecified atom stereocenters. The average Bonchev–Trinajstić information content (AvgIpc) is 2.52. The topological polar surface area (TPSA) is 17.8 Å². The van der Waals surface area contributed by atoms with E-state index in [2.05, 4.69) is 27.0 Å². The second-order valence-corrected chi connectivity index (χ2v) is 3.82. The van der Waals surface area contributed by atoms with Crippen LogP contribution in [0, 0.1) is 6.92 Å². The number of hydrogen-bond donors (Lipinski definition) is 0. The first-order chi connectivity index (χ1) is 6.25. The molecule has 66 valence electrons. The summed E-state index contributed by atoms with van der Waals surface area (Å²) in [5, 5.41) is 0. The summed E-state index contributed by atoms with van der Waals surface area (Å²) in [7, 11) is 0. The van der Waals surface area contributed by atoms with Crippen LogP contribution in [0.2, 0.25) is 0 Å². The first kappa shape index (κ1) is 8.51. The van der Waals surface area contributed by atoms with E-state index in [1.165, 1.54) is 0 Å². The van der Waals surface area contributed by atoms with Gasteiger partial charge in [-0.05, 0) is 25.1 Å². The predicted molar refractivity (Wildman–Crippen MR) is 56.0 cm³/mol. The first-order valence-electron chi connectivity index (χ1n) is 4.02. The second kappa shape index (κ2) is 3.34. The number of nitrogens with zero attached hydrogens (tertiary/aromatic N) is 2. The number of benzene rings is 1. The van der Waals surface area contributed by atoms with Crippen LogP contribution in [0.15, 0.2) is 41.3 Å². The maximum Gasteiger partial charge on any atom is 0.0995 e. The Hall–Kier alpha value is -1.09. The van der Waals surface area contributed by atoms with Crippen LogP contribution < -0.4 is 0 Å². The second-order valence-electron chi connectivity index (χ2n) is 2.90. The van der Waals surface area contributed by atoms with Crippen molar-refractivity contribution in [2.75, 3.05) is 0 Å². The number of halogens is 1. The lowest BCUT2D eigenvalue weighted by Crippen LogP contribution is -1.88. The molecule has 0 bridgehead atoms. The van der Waals surface area contributed by atoms with Gasteiger partial charge in [0.1, 0.15) is 0 Å². The molecular formula is C10H9BrN2. The largest absolute Gasteiger partial charge is 0.306 e. The third kappa shape index (κ3) is 1.80. The van der Waals surface area contributed by atoms with E-state index in [-0.39, 0.29) is 0 Å². The summed E-state index contributed by atoms with van der Waals surface area (Å²) in [6.07, 6.45) is 3.82. The summed E-state index contributed by atoms with van der Waals surface area (Å²) in [6.45, 7) is 1.98. The van der Waals surface area contributed by atoms with E-state index in [1.807, 2.05) is 42.2 Å². The van der Waals surface area contributed by atoms with Crippen LogP contribution in [0.1, 0.15) is 5.69 Å². The van der Waals surface area contributed by atoms with Crippen LogP contribution in [0.25, 0.3) is 5.69 Å². The van der Waals surface area contributed by atoms with Crippen molar-refractivity contribution in [1.29, 1.82) is 0 Å². The van der Waals surface area contributed by atoms with E-state index in [0.717, 1.165) is 15.9 Å². The Kier molecular flexibility index (Phi) is 2.19. The van der Waals surface area contributed by atoms with E-state index in [4.69, 9.17) is 0 Å². The molecule has 2 aromatic rings. The molecule has 0 aliphatic carbocycles. The van der Waals surface area contributed by atoms with Crippen molar-refractivity contribution in [3.8, 4) is 5.69 Å². The zero-order valence-electron chi connectivity index (χ0n) is 7.24. The Balaban J connectivity index is 2.46. The van der Waals surface area contributed by atoms with Gasteiger partial charge >= 0.3 is 0 Å². The fraction of sp³-hybridized carbons (Fsp3) is 0.100. The molecule has 2 rings (SSSR count). The summed E-state index contributed by atoms with van der Waals surface area (Å²) >= 11 is 3.43. The van der Waals surface area contributed by atoms with Gasteiger partial charge in [0.05, 0.1) is 12.0 Å². The molecule has 3 heteroatoms. The van der Waals surface area contributed by atoms with Crippen molar-refractivity contribution in [1.82, 2.24) is 9.55 Å². The molecule has 0 saturated heterocycles. The lowest BCUT2D eigenvalue weighted by Gasteiger charge is -2.00. The van der Waals surface area contributed by atoms with Crippen molar-refractivity contribution in [2.24, 2.45) is 0 Å². The van der Waals surface area contributed by atoms with Crippen molar-refractivity contribution >= 4 is 15.9 Å². The van der Waals surface area contributed by atoms with Gasteiger partial charge in [0.15, 0.2) is 0 Å². The number of aromatic nitrogens is 2. The van der Waals surface area contributed by atoms with Crippen LogP contribution in [-0.2, 0) is 0 Å². The van der Waals surface area contributed by atoms with Crippen molar-refractivity contribution in [2.45, 2.75) is 6.92 Å². The van der Waals surface area contributed by atoms with Gasteiger partial charge in [-0.1, -0.05) is 22.0 Å². The van der Waals surface area contributed by atoms with E-state index in [1.54, 1.807) is 0 Å². The molecule has 0 saturated carbocycles. The van der Waals surface area contributed by atoms with Gasteiger partial charge in [0.25, 0.3) is 0 Å². The fourth-order valence-electron chi connectivity index (χ4n) is 1.20. The Morgan fingerprint density at radius 2 is 2.23 bits per heavy atom. The third-order valence-corrected chi connectivity index (χ3v) is 2.31. The highest BCUT2D eigenvalue weighted by Crippen LogP contribution is 2.15. The average molecular weight is 237 g/mol. The predicted octanol–water partition coefficient (Wildman–Crippen LogP) is 2.94. The molecule has 0 aliphatic rings. The van der Waals surface area contributed by atoms with E-state index in [9.17, 15) is 0 Å². The minimum Gasteiger partial charge on any atom is -0.306 e. The zero-order chi connectivity index (χ0) is 9.26. The molecule has 0 aliphatic heterocycles. The van der Waals surface area contributed by atoms with Gasteiger partial charge in [0.2, 0.25) is 0 Å². The number of hydrogen-bond acceptors (Lipinski definition) is 1. The molecule has 1 aromatic heterocycles. The summed E-state index contributed by atoms with van der Waals surface area (Å²) in [4.78, 5) is 4.17. The van der Waals surface area contributed by atoms with Crippen LogP contribution in [0.4, 0.5) is 0 Å². The van der Waals surface area contributed by atoms with Gasteiger partial charge < -0.3 is 4.57 Å². The number of aryl methyl sites for hydroxylation is 1. The molecule has 1 aromatic carbocycles. The molecule has 2 nitrogen and oxygen atoms in total.